The summed E-state index contributed by atoms with van der Waals surface area (Å²) in [5.41, 5.74) is 0.310. The van der Waals surface area contributed by atoms with Crippen LogP contribution >= 0.6 is 0 Å². The molecular formula is C15H20FNO3. The van der Waals surface area contributed by atoms with Crippen molar-refractivity contribution in [2.24, 2.45) is 0 Å². The fraction of sp³-hybridized carbons (Fsp3) is 0.533. The van der Waals surface area contributed by atoms with E-state index in [1.165, 1.54) is 6.07 Å². The summed E-state index contributed by atoms with van der Waals surface area (Å²) in [6.07, 6.45) is -0.405. The van der Waals surface area contributed by atoms with Crippen LogP contribution < -0.4 is 0 Å². The summed E-state index contributed by atoms with van der Waals surface area (Å²) in [5.74, 6) is -0.624. The van der Waals surface area contributed by atoms with Crippen LogP contribution in [0.5, 0.6) is 0 Å². The first kappa shape index (κ1) is 14.9. The van der Waals surface area contributed by atoms with Crippen molar-refractivity contribution in [3.63, 3.8) is 0 Å². The second kappa shape index (κ2) is 5.50. The fourth-order valence-electron chi connectivity index (χ4n) is 2.45. The number of carbonyl (C=O) groups excluding carboxylic acids is 1. The molecule has 1 aromatic rings. The quantitative estimate of drug-likeness (QED) is 0.898. The zero-order valence-corrected chi connectivity index (χ0v) is 12.0. The Morgan fingerprint density at radius 1 is 1.55 bits per heavy atom. The fourth-order valence-corrected chi connectivity index (χ4v) is 2.45. The van der Waals surface area contributed by atoms with E-state index in [0.717, 1.165) is 0 Å². The summed E-state index contributed by atoms with van der Waals surface area (Å²) in [7, 11) is 0. The molecule has 1 unspecified atom stereocenters. The number of benzene rings is 1. The van der Waals surface area contributed by atoms with E-state index in [4.69, 9.17) is 4.74 Å². The number of halogens is 1. The average molecular weight is 281 g/mol. The van der Waals surface area contributed by atoms with Gasteiger partial charge < -0.3 is 14.7 Å². The summed E-state index contributed by atoms with van der Waals surface area (Å²) >= 11 is 0. The lowest BCUT2D eigenvalue weighted by atomic mass is 10.0. The van der Waals surface area contributed by atoms with Gasteiger partial charge >= 0.3 is 0 Å². The molecule has 0 radical (unpaired) electrons. The van der Waals surface area contributed by atoms with Gasteiger partial charge in [-0.1, -0.05) is 6.07 Å². The van der Waals surface area contributed by atoms with Crippen molar-refractivity contribution in [3.8, 4) is 0 Å². The third kappa shape index (κ3) is 3.16. The van der Waals surface area contributed by atoms with Crippen molar-refractivity contribution in [1.82, 2.24) is 4.90 Å². The van der Waals surface area contributed by atoms with E-state index in [1.54, 1.807) is 24.0 Å². The zero-order valence-electron chi connectivity index (χ0n) is 12.0. The Hall–Kier alpha value is -1.46. The number of aliphatic hydroxyl groups excluding tert-OH is 1. The van der Waals surface area contributed by atoms with Crippen molar-refractivity contribution in [3.05, 3.63) is 35.1 Å². The van der Waals surface area contributed by atoms with Crippen molar-refractivity contribution in [2.75, 3.05) is 19.7 Å². The number of amides is 1. The number of aryl methyl sites for hydroxylation is 1. The van der Waals surface area contributed by atoms with E-state index < -0.39 is 11.7 Å². The van der Waals surface area contributed by atoms with Gasteiger partial charge in [-0.3, -0.25) is 4.79 Å². The lowest BCUT2D eigenvalue weighted by Gasteiger charge is -2.42. The Bertz CT molecular complexity index is 516. The number of carbonyl (C=O) groups is 1. The van der Waals surface area contributed by atoms with Gasteiger partial charge in [-0.25, -0.2) is 4.39 Å². The Morgan fingerprint density at radius 2 is 2.25 bits per heavy atom. The number of morpholine rings is 1. The van der Waals surface area contributed by atoms with E-state index >= 15 is 0 Å². The van der Waals surface area contributed by atoms with Crippen LogP contribution in [0.4, 0.5) is 4.39 Å². The number of nitrogens with zero attached hydrogens (tertiary/aromatic N) is 1. The minimum Gasteiger partial charge on any atom is -0.394 e. The second-order valence-electron chi connectivity index (χ2n) is 5.83. The maximum atomic E-state index is 13.6. The first-order valence-electron chi connectivity index (χ1n) is 6.66. The van der Waals surface area contributed by atoms with Gasteiger partial charge in [0.05, 0.1) is 18.3 Å². The SMILES string of the molecule is Cc1ccc(C(=O)N2CC(CO)OC(C)(C)C2)cc1F. The minimum atomic E-state index is -0.523. The monoisotopic (exact) mass is 281 g/mol. The topological polar surface area (TPSA) is 49.8 Å². The number of hydrogen-bond donors (Lipinski definition) is 1. The third-order valence-electron chi connectivity index (χ3n) is 3.39. The van der Waals surface area contributed by atoms with Gasteiger partial charge in [0.1, 0.15) is 5.82 Å². The van der Waals surface area contributed by atoms with E-state index in [2.05, 4.69) is 0 Å². The van der Waals surface area contributed by atoms with E-state index in [9.17, 15) is 14.3 Å². The highest BCUT2D eigenvalue weighted by Crippen LogP contribution is 2.23. The molecule has 5 heteroatoms. The molecule has 1 aliphatic rings. The molecule has 1 amide bonds. The lowest BCUT2D eigenvalue weighted by molar-refractivity contribution is -0.139. The average Bonchev–Trinajstić information content (AvgIpc) is 2.39. The van der Waals surface area contributed by atoms with Crippen molar-refractivity contribution < 1.29 is 19.0 Å². The van der Waals surface area contributed by atoms with Crippen molar-refractivity contribution in [2.45, 2.75) is 32.5 Å². The first-order valence-corrected chi connectivity index (χ1v) is 6.66. The van der Waals surface area contributed by atoms with Gasteiger partial charge in [-0.15, -0.1) is 0 Å². The molecule has 1 N–H and O–H groups in total. The third-order valence-corrected chi connectivity index (χ3v) is 3.39. The maximum Gasteiger partial charge on any atom is 0.254 e. The first-order chi connectivity index (χ1) is 9.32. The summed E-state index contributed by atoms with van der Waals surface area (Å²) in [5, 5.41) is 9.25. The standard InChI is InChI=1S/C15H20FNO3/c1-10-4-5-11(6-13(10)16)14(19)17-7-12(8-18)20-15(2,3)9-17/h4-6,12,18H,7-9H2,1-3H3. The van der Waals surface area contributed by atoms with Crippen LogP contribution in [-0.4, -0.2) is 47.3 Å². The molecule has 0 spiro atoms. The van der Waals surface area contributed by atoms with Crippen LogP contribution in [0.25, 0.3) is 0 Å². The summed E-state index contributed by atoms with van der Waals surface area (Å²) in [6.45, 7) is 5.97. The number of hydrogen-bond acceptors (Lipinski definition) is 3. The molecule has 4 nitrogen and oxygen atoms in total. The Morgan fingerprint density at radius 3 is 2.85 bits per heavy atom. The van der Waals surface area contributed by atoms with E-state index in [1.807, 2.05) is 13.8 Å². The van der Waals surface area contributed by atoms with Gasteiger partial charge in [0.15, 0.2) is 0 Å². The van der Waals surface area contributed by atoms with E-state index in [0.29, 0.717) is 24.2 Å². The summed E-state index contributed by atoms with van der Waals surface area (Å²) < 4.78 is 19.2. The van der Waals surface area contributed by atoms with Gasteiger partial charge in [0.25, 0.3) is 5.91 Å². The molecule has 1 aromatic carbocycles. The second-order valence-corrected chi connectivity index (χ2v) is 5.83. The molecule has 0 aliphatic carbocycles. The van der Waals surface area contributed by atoms with Crippen LogP contribution in [-0.2, 0) is 4.74 Å². The molecule has 0 aromatic heterocycles. The molecule has 0 saturated carbocycles. The Kier molecular flexibility index (Phi) is 4.11. The van der Waals surface area contributed by atoms with Gasteiger partial charge in [-0.05, 0) is 38.5 Å². The van der Waals surface area contributed by atoms with Crippen molar-refractivity contribution in [1.29, 1.82) is 0 Å². The normalized spacial score (nSPS) is 21.9. The highest BCUT2D eigenvalue weighted by atomic mass is 19.1. The molecule has 110 valence electrons. The molecule has 20 heavy (non-hydrogen) atoms. The highest BCUT2D eigenvalue weighted by molar-refractivity contribution is 5.94. The molecule has 1 aliphatic heterocycles. The summed E-state index contributed by atoms with van der Waals surface area (Å²) in [6, 6.07) is 4.48. The predicted molar refractivity (Wildman–Crippen MR) is 73.1 cm³/mol. The van der Waals surface area contributed by atoms with Crippen molar-refractivity contribution >= 4 is 5.91 Å². The van der Waals surface area contributed by atoms with Gasteiger partial charge in [0.2, 0.25) is 0 Å². The number of rotatable bonds is 2. The number of aliphatic hydroxyl groups is 1. The lowest BCUT2D eigenvalue weighted by Crippen LogP contribution is -2.55. The van der Waals surface area contributed by atoms with Crippen LogP contribution in [0.1, 0.15) is 29.8 Å². The van der Waals surface area contributed by atoms with Crippen LogP contribution in [0.3, 0.4) is 0 Å². The van der Waals surface area contributed by atoms with Crippen LogP contribution in [0.2, 0.25) is 0 Å². The smallest absolute Gasteiger partial charge is 0.254 e. The Labute approximate surface area is 118 Å². The van der Waals surface area contributed by atoms with Crippen LogP contribution in [0.15, 0.2) is 18.2 Å². The largest absolute Gasteiger partial charge is 0.394 e. The molecule has 2 rings (SSSR count). The molecule has 1 fully saturated rings. The number of ether oxygens (including phenoxy) is 1. The van der Waals surface area contributed by atoms with E-state index in [-0.39, 0.29) is 18.3 Å². The van der Waals surface area contributed by atoms with Gasteiger partial charge in [0, 0.05) is 18.7 Å². The minimum absolute atomic E-state index is 0.143. The Balaban J connectivity index is 2.21. The predicted octanol–water partition coefficient (Wildman–Crippen LogP) is 1.75. The molecule has 0 bridgehead atoms. The molecular weight excluding hydrogens is 261 g/mol. The molecule has 1 saturated heterocycles. The maximum absolute atomic E-state index is 13.6. The summed E-state index contributed by atoms with van der Waals surface area (Å²) in [4.78, 5) is 14.0. The molecule has 1 heterocycles. The molecule has 1 atom stereocenters. The van der Waals surface area contributed by atoms with Crippen LogP contribution in [0, 0.1) is 12.7 Å². The zero-order chi connectivity index (χ0) is 14.9. The van der Waals surface area contributed by atoms with Gasteiger partial charge in [-0.2, -0.15) is 0 Å². The highest BCUT2D eigenvalue weighted by Gasteiger charge is 2.35.